The minimum Gasteiger partial charge on any atom is -0.497 e. The van der Waals surface area contributed by atoms with Crippen molar-refractivity contribution in [3.8, 4) is 5.75 Å². The van der Waals surface area contributed by atoms with Crippen LogP contribution in [0.15, 0.2) is 18.2 Å². The molecule has 1 aromatic carbocycles. The molecule has 17 heavy (non-hydrogen) atoms. The van der Waals surface area contributed by atoms with Crippen LogP contribution in [0.2, 0.25) is 0 Å². The van der Waals surface area contributed by atoms with Gasteiger partial charge in [-0.1, -0.05) is 0 Å². The largest absolute Gasteiger partial charge is 0.497 e. The van der Waals surface area contributed by atoms with Crippen LogP contribution in [0.1, 0.15) is 17.3 Å². The Morgan fingerprint density at radius 1 is 1.41 bits per heavy atom. The molecule has 0 spiro atoms. The van der Waals surface area contributed by atoms with Gasteiger partial charge in [0.25, 0.3) is 11.7 Å². The molecule has 1 unspecified atom stereocenters. The second-order valence-corrected chi connectivity index (χ2v) is 3.98. The second-order valence-electron chi connectivity index (χ2n) is 3.98. The Morgan fingerprint density at radius 2 is 2.12 bits per heavy atom. The Bertz CT molecular complexity index is 481. The first-order valence-electron chi connectivity index (χ1n) is 5.27. The highest BCUT2D eigenvalue weighted by Crippen LogP contribution is 2.31. The maximum Gasteiger partial charge on any atom is 0.299 e. The maximum atomic E-state index is 11.7. The second kappa shape index (κ2) is 4.18. The van der Waals surface area contributed by atoms with E-state index in [-0.39, 0.29) is 6.54 Å². The number of hydrogen-bond acceptors (Lipinski definition) is 4. The van der Waals surface area contributed by atoms with E-state index in [1.807, 2.05) is 0 Å². The van der Waals surface area contributed by atoms with Crippen molar-refractivity contribution in [3.63, 3.8) is 0 Å². The highest BCUT2D eigenvalue weighted by atomic mass is 16.5. The van der Waals surface area contributed by atoms with Gasteiger partial charge in [-0.3, -0.25) is 9.59 Å². The number of β-amino-alcohol motifs (C(OH)–C–C–N with tert-alkyl or cyclic N) is 1. The van der Waals surface area contributed by atoms with Crippen LogP contribution in [0.4, 0.5) is 5.69 Å². The fraction of sp³-hybridized carbons (Fsp3) is 0.333. The summed E-state index contributed by atoms with van der Waals surface area (Å²) in [4.78, 5) is 24.7. The summed E-state index contributed by atoms with van der Waals surface area (Å²) >= 11 is 0. The molecule has 1 aliphatic heterocycles. The monoisotopic (exact) mass is 235 g/mol. The van der Waals surface area contributed by atoms with Crippen LogP contribution < -0.4 is 9.64 Å². The number of ketones is 1. The molecule has 2 rings (SSSR count). The van der Waals surface area contributed by atoms with Crippen LogP contribution in [-0.2, 0) is 4.79 Å². The Morgan fingerprint density at radius 3 is 2.71 bits per heavy atom. The summed E-state index contributed by atoms with van der Waals surface area (Å²) in [7, 11) is 1.50. The molecule has 1 aliphatic rings. The SMILES string of the molecule is COc1ccc2c(c1)C(=O)C(=O)N2CC(C)O. The first-order valence-corrected chi connectivity index (χ1v) is 5.27. The summed E-state index contributed by atoms with van der Waals surface area (Å²) in [5, 5.41) is 9.31. The molecule has 0 bridgehead atoms. The number of anilines is 1. The number of amides is 1. The van der Waals surface area contributed by atoms with Gasteiger partial charge >= 0.3 is 0 Å². The van der Waals surface area contributed by atoms with Gasteiger partial charge in [0.15, 0.2) is 0 Å². The van der Waals surface area contributed by atoms with Gasteiger partial charge in [0.05, 0.1) is 31.0 Å². The van der Waals surface area contributed by atoms with Crippen molar-refractivity contribution in [1.29, 1.82) is 0 Å². The molecule has 1 heterocycles. The van der Waals surface area contributed by atoms with E-state index in [0.29, 0.717) is 17.0 Å². The molecular weight excluding hydrogens is 222 g/mol. The predicted molar refractivity (Wildman–Crippen MR) is 61.4 cm³/mol. The zero-order chi connectivity index (χ0) is 12.6. The van der Waals surface area contributed by atoms with Crippen LogP contribution in [0, 0.1) is 0 Å². The highest BCUT2D eigenvalue weighted by Gasteiger charge is 2.36. The molecule has 90 valence electrons. The van der Waals surface area contributed by atoms with Gasteiger partial charge in [-0.15, -0.1) is 0 Å². The molecule has 0 aliphatic carbocycles. The normalized spacial score (nSPS) is 16.1. The zero-order valence-electron chi connectivity index (χ0n) is 9.64. The molecule has 1 amide bonds. The number of aliphatic hydroxyl groups excluding tert-OH is 1. The van der Waals surface area contributed by atoms with Crippen molar-refractivity contribution in [3.05, 3.63) is 23.8 Å². The lowest BCUT2D eigenvalue weighted by Crippen LogP contribution is -2.35. The molecule has 5 nitrogen and oxygen atoms in total. The average Bonchev–Trinajstić information content (AvgIpc) is 2.54. The third-order valence-corrected chi connectivity index (χ3v) is 2.63. The van der Waals surface area contributed by atoms with Crippen LogP contribution in [0.5, 0.6) is 5.75 Å². The van der Waals surface area contributed by atoms with Gasteiger partial charge in [-0.2, -0.15) is 0 Å². The number of methoxy groups -OCH3 is 1. The number of carbonyl (C=O) groups is 2. The molecule has 0 saturated heterocycles. The number of nitrogens with zero attached hydrogens (tertiary/aromatic N) is 1. The molecular formula is C12H13NO4. The summed E-state index contributed by atoms with van der Waals surface area (Å²) in [5.74, 6) is -0.627. The number of aliphatic hydroxyl groups is 1. The smallest absolute Gasteiger partial charge is 0.299 e. The molecule has 1 atom stereocenters. The Labute approximate surface area is 98.6 Å². The first kappa shape index (κ1) is 11.6. The first-order chi connectivity index (χ1) is 8.04. The van der Waals surface area contributed by atoms with Crippen LogP contribution >= 0.6 is 0 Å². The topological polar surface area (TPSA) is 66.8 Å². The van der Waals surface area contributed by atoms with Crippen molar-refractivity contribution in [2.45, 2.75) is 13.0 Å². The Hall–Kier alpha value is -1.88. The Balaban J connectivity index is 2.43. The quantitative estimate of drug-likeness (QED) is 0.779. The minimum atomic E-state index is -0.681. The van der Waals surface area contributed by atoms with Crippen LogP contribution in [0.3, 0.4) is 0 Å². The lowest BCUT2D eigenvalue weighted by molar-refractivity contribution is -0.114. The van der Waals surface area contributed by atoms with Crippen molar-refractivity contribution >= 4 is 17.4 Å². The van der Waals surface area contributed by atoms with Crippen LogP contribution in [0.25, 0.3) is 0 Å². The number of ether oxygens (including phenoxy) is 1. The average molecular weight is 235 g/mol. The van der Waals surface area contributed by atoms with E-state index < -0.39 is 17.8 Å². The molecule has 1 N–H and O–H groups in total. The van der Waals surface area contributed by atoms with Gasteiger partial charge < -0.3 is 14.7 Å². The summed E-state index contributed by atoms with van der Waals surface area (Å²) in [6.45, 7) is 1.68. The standard InChI is InChI=1S/C12H13NO4/c1-7(14)6-13-10-4-3-8(17-2)5-9(10)11(15)12(13)16/h3-5,7,14H,6H2,1-2H3. The summed E-state index contributed by atoms with van der Waals surface area (Å²) in [6.07, 6.45) is -0.681. The number of hydrogen-bond donors (Lipinski definition) is 1. The van der Waals surface area contributed by atoms with E-state index in [9.17, 15) is 14.7 Å². The number of rotatable bonds is 3. The lowest BCUT2D eigenvalue weighted by atomic mass is 10.1. The molecule has 0 aromatic heterocycles. The van der Waals surface area contributed by atoms with Gasteiger partial charge in [-0.25, -0.2) is 0 Å². The Kier molecular flexibility index (Phi) is 2.85. The third-order valence-electron chi connectivity index (χ3n) is 2.63. The minimum absolute atomic E-state index is 0.115. The van der Waals surface area contributed by atoms with Crippen LogP contribution in [-0.4, -0.2) is 36.6 Å². The lowest BCUT2D eigenvalue weighted by Gasteiger charge is -2.18. The fourth-order valence-electron chi connectivity index (χ4n) is 1.85. The van der Waals surface area contributed by atoms with Gasteiger partial charge in [0, 0.05) is 0 Å². The summed E-state index contributed by atoms with van der Waals surface area (Å²) in [5.41, 5.74) is 0.858. The van der Waals surface area contributed by atoms with E-state index in [0.717, 1.165) is 0 Å². The number of carbonyl (C=O) groups excluding carboxylic acids is 2. The molecule has 1 aromatic rings. The van der Waals surface area contributed by atoms with Crippen molar-refractivity contribution < 1.29 is 19.4 Å². The molecule has 5 heteroatoms. The van der Waals surface area contributed by atoms with Crippen molar-refractivity contribution in [1.82, 2.24) is 0 Å². The van der Waals surface area contributed by atoms with Gasteiger partial charge in [-0.05, 0) is 25.1 Å². The van der Waals surface area contributed by atoms with E-state index in [1.165, 1.54) is 18.1 Å². The molecule has 0 radical (unpaired) electrons. The number of benzene rings is 1. The van der Waals surface area contributed by atoms with Gasteiger partial charge in [0.1, 0.15) is 5.75 Å². The summed E-state index contributed by atoms with van der Waals surface area (Å²) < 4.78 is 5.01. The zero-order valence-corrected chi connectivity index (χ0v) is 9.64. The van der Waals surface area contributed by atoms with E-state index in [2.05, 4.69) is 0 Å². The molecule has 0 saturated carbocycles. The van der Waals surface area contributed by atoms with Gasteiger partial charge in [0.2, 0.25) is 0 Å². The van der Waals surface area contributed by atoms with E-state index in [1.54, 1.807) is 19.1 Å². The number of fused-ring (bicyclic) bond motifs is 1. The third kappa shape index (κ3) is 1.89. The summed E-state index contributed by atoms with van der Waals surface area (Å²) in [6, 6.07) is 4.87. The fourth-order valence-corrected chi connectivity index (χ4v) is 1.85. The van der Waals surface area contributed by atoms with E-state index in [4.69, 9.17) is 4.74 Å². The predicted octanol–water partition coefficient (Wildman–Crippen LogP) is 0.605. The molecule has 0 fully saturated rings. The highest BCUT2D eigenvalue weighted by molar-refractivity contribution is 6.52. The maximum absolute atomic E-state index is 11.7. The van der Waals surface area contributed by atoms with E-state index >= 15 is 0 Å². The van der Waals surface area contributed by atoms with Crippen molar-refractivity contribution in [2.24, 2.45) is 0 Å². The van der Waals surface area contributed by atoms with Crippen molar-refractivity contribution in [2.75, 3.05) is 18.6 Å². The number of Topliss-reactive ketones (excluding diaryl/α,β-unsaturated/α-hetero) is 1.